The van der Waals surface area contributed by atoms with Gasteiger partial charge in [0.15, 0.2) is 0 Å². The minimum atomic E-state index is 0.209. The molecule has 0 unspecified atom stereocenters. The average Bonchev–Trinajstić information content (AvgIpc) is 2.63. The molecule has 0 amide bonds. The molecular formula is C27H40O2. The Kier molecular flexibility index (Phi) is 11.2. The summed E-state index contributed by atoms with van der Waals surface area (Å²) in [4.78, 5) is 0. The van der Waals surface area contributed by atoms with Crippen LogP contribution in [0.15, 0.2) is 58.7 Å². The Labute approximate surface area is 178 Å². The van der Waals surface area contributed by atoms with Crippen molar-refractivity contribution in [2.24, 2.45) is 0 Å². The maximum Gasteiger partial charge on any atom is 0.122 e. The van der Waals surface area contributed by atoms with Crippen LogP contribution in [0.5, 0.6) is 11.5 Å². The predicted molar refractivity (Wildman–Crippen MR) is 127 cm³/mol. The van der Waals surface area contributed by atoms with Crippen molar-refractivity contribution in [3.8, 4) is 11.5 Å². The highest BCUT2D eigenvalue weighted by Gasteiger charge is 2.05. The monoisotopic (exact) mass is 396 g/mol. The Bertz CT molecular complexity index is 772. The lowest BCUT2D eigenvalue weighted by molar-refractivity contribution is 0.451. The van der Waals surface area contributed by atoms with Gasteiger partial charge in [0.05, 0.1) is 0 Å². The summed E-state index contributed by atoms with van der Waals surface area (Å²) < 4.78 is 0. The fourth-order valence-corrected chi connectivity index (χ4v) is 3.26. The van der Waals surface area contributed by atoms with Crippen LogP contribution in [0.1, 0.15) is 84.3 Å². The molecule has 2 heteroatoms. The number of allylic oxidation sites excluding steroid dienone is 8. The minimum Gasteiger partial charge on any atom is -0.508 e. The fraction of sp³-hybridized carbons (Fsp3) is 0.481. The van der Waals surface area contributed by atoms with Crippen LogP contribution < -0.4 is 0 Å². The van der Waals surface area contributed by atoms with Gasteiger partial charge in [-0.05, 0) is 104 Å². The zero-order valence-corrected chi connectivity index (χ0v) is 19.3. The topological polar surface area (TPSA) is 40.5 Å². The summed E-state index contributed by atoms with van der Waals surface area (Å²) in [6.07, 6.45) is 16.4. The van der Waals surface area contributed by atoms with Crippen molar-refractivity contribution in [3.63, 3.8) is 0 Å². The van der Waals surface area contributed by atoms with Crippen LogP contribution in [-0.4, -0.2) is 10.2 Å². The average molecular weight is 397 g/mol. The van der Waals surface area contributed by atoms with Crippen LogP contribution in [0.25, 0.3) is 0 Å². The van der Waals surface area contributed by atoms with E-state index in [4.69, 9.17) is 0 Å². The first-order valence-corrected chi connectivity index (χ1v) is 10.8. The third kappa shape index (κ3) is 10.8. The largest absolute Gasteiger partial charge is 0.508 e. The Morgan fingerprint density at radius 2 is 1.21 bits per heavy atom. The molecule has 0 saturated heterocycles. The molecule has 0 aliphatic rings. The number of aryl methyl sites for hydroxylation is 1. The van der Waals surface area contributed by atoms with Crippen molar-refractivity contribution in [3.05, 3.63) is 69.9 Å². The molecule has 0 aromatic heterocycles. The van der Waals surface area contributed by atoms with E-state index in [0.29, 0.717) is 12.0 Å². The van der Waals surface area contributed by atoms with E-state index in [1.165, 1.54) is 22.3 Å². The minimum absolute atomic E-state index is 0.209. The molecule has 1 aromatic carbocycles. The number of hydrogen-bond donors (Lipinski definition) is 2. The van der Waals surface area contributed by atoms with E-state index < -0.39 is 0 Å². The Morgan fingerprint density at radius 1 is 0.724 bits per heavy atom. The summed E-state index contributed by atoms with van der Waals surface area (Å²) >= 11 is 0. The molecule has 2 nitrogen and oxygen atoms in total. The van der Waals surface area contributed by atoms with E-state index >= 15 is 0 Å². The molecule has 1 rings (SSSR count). The number of aromatic hydroxyl groups is 2. The molecule has 29 heavy (non-hydrogen) atoms. The van der Waals surface area contributed by atoms with Gasteiger partial charge >= 0.3 is 0 Å². The van der Waals surface area contributed by atoms with E-state index in [9.17, 15) is 10.2 Å². The standard InChI is InChI=1S/C27H40O2/c1-20(2)10-7-11-21(3)12-8-13-22(4)14-9-15-23(5)16-17-25-19-26(28)18-24(6)27(25)29/h10,12,14,16,18-19,28-29H,7-9,11,13,15,17H2,1-6H3. The van der Waals surface area contributed by atoms with Gasteiger partial charge in [-0.2, -0.15) is 0 Å². The van der Waals surface area contributed by atoms with Crippen molar-refractivity contribution in [2.75, 3.05) is 0 Å². The number of benzene rings is 1. The summed E-state index contributed by atoms with van der Waals surface area (Å²) in [6.45, 7) is 12.7. The molecule has 0 saturated carbocycles. The van der Waals surface area contributed by atoms with Gasteiger partial charge in [-0.3, -0.25) is 0 Å². The Balaban J connectivity index is 2.40. The van der Waals surface area contributed by atoms with Crippen molar-refractivity contribution in [1.82, 2.24) is 0 Å². The smallest absolute Gasteiger partial charge is 0.122 e. The second-order valence-corrected chi connectivity index (χ2v) is 8.52. The molecule has 160 valence electrons. The lowest BCUT2D eigenvalue weighted by atomic mass is 10.0. The van der Waals surface area contributed by atoms with Gasteiger partial charge in [-0.1, -0.05) is 46.6 Å². The second-order valence-electron chi connectivity index (χ2n) is 8.52. The van der Waals surface area contributed by atoms with Crippen molar-refractivity contribution in [1.29, 1.82) is 0 Å². The lowest BCUT2D eigenvalue weighted by Gasteiger charge is -2.07. The van der Waals surface area contributed by atoms with Crippen LogP contribution >= 0.6 is 0 Å². The van der Waals surface area contributed by atoms with Crippen LogP contribution in [0.4, 0.5) is 0 Å². The first kappa shape index (κ1) is 24.8. The highest BCUT2D eigenvalue weighted by Crippen LogP contribution is 2.28. The van der Waals surface area contributed by atoms with Gasteiger partial charge in [0.1, 0.15) is 11.5 Å². The summed E-state index contributed by atoms with van der Waals surface area (Å²) in [5.74, 6) is 0.493. The van der Waals surface area contributed by atoms with Crippen LogP contribution in [0.3, 0.4) is 0 Å². The van der Waals surface area contributed by atoms with E-state index in [1.54, 1.807) is 12.1 Å². The predicted octanol–water partition coefficient (Wildman–Crippen LogP) is 8.09. The maximum absolute atomic E-state index is 10.1. The molecule has 0 atom stereocenters. The van der Waals surface area contributed by atoms with Crippen molar-refractivity contribution in [2.45, 2.75) is 86.5 Å². The molecular weight excluding hydrogens is 356 g/mol. The highest BCUT2D eigenvalue weighted by atomic mass is 16.3. The molecule has 0 aliphatic carbocycles. The molecule has 0 bridgehead atoms. The first-order chi connectivity index (χ1) is 13.7. The zero-order valence-electron chi connectivity index (χ0n) is 19.3. The summed E-state index contributed by atoms with van der Waals surface area (Å²) in [7, 11) is 0. The first-order valence-electron chi connectivity index (χ1n) is 10.8. The second kappa shape index (κ2) is 13.1. The van der Waals surface area contributed by atoms with Crippen molar-refractivity contribution >= 4 is 0 Å². The van der Waals surface area contributed by atoms with Crippen LogP contribution in [0, 0.1) is 6.92 Å². The molecule has 1 aromatic rings. The van der Waals surface area contributed by atoms with Gasteiger partial charge in [0.25, 0.3) is 0 Å². The third-order valence-electron chi connectivity index (χ3n) is 5.19. The van der Waals surface area contributed by atoms with E-state index in [-0.39, 0.29) is 11.5 Å². The quantitative estimate of drug-likeness (QED) is 0.293. The number of hydrogen-bond acceptors (Lipinski definition) is 2. The summed E-state index contributed by atoms with van der Waals surface area (Å²) in [6, 6.07) is 3.23. The Hall–Kier alpha value is -2.22. The molecule has 0 fully saturated rings. The normalized spacial score (nSPS) is 13.0. The Morgan fingerprint density at radius 3 is 1.72 bits per heavy atom. The zero-order chi connectivity index (χ0) is 21.8. The van der Waals surface area contributed by atoms with Gasteiger partial charge in [-0.25, -0.2) is 0 Å². The number of rotatable bonds is 11. The van der Waals surface area contributed by atoms with Gasteiger partial charge in [-0.15, -0.1) is 0 Å². The third-order valence-corrected chi connectivity index (χ3v) is 5.19. The summed E-state index contributed by atoms with van der Waals surface area (Å²) in [5, 5.41) is 19.8. The van der Waals surface area contributed by atoms with Crippen LogP contribution in [-0.2, 0) is 6.42 Å². The van der Waals surface area contributed by atoms with Gasteiger partial charge in [0, 0.05) is 5.56 Å². The van der Waals surface area contributed by atoms with Crippen molar-refractivity contribution < 1.29 is 10.2 Å². The van der Waals surface area contributed by atoms with Gasteiger partial charge < -0.3 is 10.2 Å². The van der Waals surface area contributed by atoms with E-state index in [1.807, 2.05) is 6.92 Å². The fourth-order valence-electron chi connectivity index (χ4n) is 3.26. The lowest BCUT2D eigenvalue weighted by Crippen LogP contribution is -1.88. The molecule has 0 heterocycles. The molecule has 0 radical (unpaired) electrons. The number of phenolic OH excluding ortho intramolecular Hbond substituents is 2. The SMILES string of the molecule is CC(C)=CCCC(C)=CCCC(C)=CCCC(C)=CCc1cc(O)cc(C)c1O. The summed E-state index contributed by atoms with van der Waals surface area (Å²) in [5.41, 5.74) is 7.14. The van der Waals surface area contributed by atoms with E-state index in [2.05, 4.69) is 58.9 Å². The van der Waals surface area contributed by atoms with Crippen LogP contribution in [0.2, 0.25) is 0 Å². The molecule has 2 N–H and O–H groups in total. The molecule has 0 aliphatic heterocycles. The maximum atomic E-state index is 10.1. The highest BCUT2D eigenvalue weighted by molar-refractivity contribution is 5.46. The van der Waals surface area contributed by atoms with E-state index in [0.717, 1.165) is 44.1 Å². The van der Waals surface area contributed by atoms with Gasteiger partial charge in [0.2, 0.25) is 0 Å². The molecule has 0 spiro atoms. The number of phenols is 2.